The first-order chi connectivity index (χ1) is 11.6. The van der Waals surface area contributed by atoms with Crippen LogP contribution in [-0.4, -0.2) is 23.8 Å². The molecule has 0 bridgehead atoms. The maximum Gasteiger partial charge on any atom is 0.273 e. The molecule has 1 amide bonds. The predicted octanol–water partition coefficient (Wildman–Crippen LogP) is 3.42. The molecule has 0 aliphatic carbocycles. The smallest absolute Gasteiger partial charge is 0.273 e. The molecule has 0 spiro atoms. The number of nitrogens with zero attached hydrogens (tertiary/aromatic N) is 1. The first-order valence-electron chi connectivity index (χ1n) is 7.60. The number of halogens is 1. The molecule has 2 rings (SSSR count). The molecule has 1 unspecified atom stereocenters. The Morgan fingerprint density at radius 1 is 1.29 bits per heavy atom. The summed E-state index contributed by atoms with van der Waals surface area (Å²) in [5.74, 6) is 0.103. The summed E-state index contributed by atoms with van der Waals surface area (Å²) >= 11 is 3.31. The Morgan fingerprint density at radius 3 is 2.71 bits per heavy atom. The van der Waals surface area contributed by atoms with Crippen LogP contribution in [0.5, 0.6) is 5.75 Å². The summed E-state index contributed by atoms with van der Waals surface area (Å²) in [5, 5.41) is 13.9. The number of aliphatic hydroxyl groups excluding tert-OH is 1. The van der Waals surface area contributed by atoms with E-state index in [4.69, 9.17) is 4.74 Å². The van der Waals surface area contributed by atoms with Gasteiger partial charge < -0.3 is 9.84 Å². The monoisotopic (exact) mass is 390 g/mol. The van der Waals surface area contributed by atoms with E-state index < -0.39 is 12.0 Å². The molecular weight excluding hydrogens is 372 g/mol. The van der Waals surface area contributed by atoms with Crippen LogP contribution < -0.4 is 10.2 Å². The minimum absolute atomic E-state index is 0.498. The number of ether oxygens (including phenoxy) is 1. The molecule has 0 radical (unpaired) electrons. The highest BCUT2D eigenvalue weighted by molar-refractivity contribution is 9.10. The van der Waals surface area contributed by atoms with Gasteiger partial charge in [-0.05, 0) is 36.2 Å². The minimum atomic E-state index is -1.28. The zero-order valence-electron chi connectivity index (χ0n) is 13.3. The lowest BCUT2D eigenvalue weighted by Crippen LogP contribution is -2.25. The topological polar surface area (TPSA) is 70.9 Å². The number of carbonyl (C=O) groups is 1. The number of nitrogens with one attached hydrogen (secondary N) is 1. The van der Waals surface area contributed by atoms with Gasteiger partial charge in [0.2, 0.25) is 0 Å². The van der Waals surface area contributed by atoms with Gasteiger partial charge in [0.25, 0.3) is 5.91 Å². The van der Waals surface area contributed by atoms with Crippen molar-refractivity contribution in [3.8, 4) is 5.75 Å². The summed E-state index contributed by atoms with van der Waals surface area (Å²) in [6.07, 6.45) is 1.13. The lowest BCUT2D eigenvalue weighted by atomic mass is 10.1. The second kappa shape index (κ2) is 9.20. The SMILES string of the molecule is CCCOc1ccccc1C=NNC(=O)C(O)c1ccc(Br)cc1. The first kappa shape index (κ1) is 18.2. The molecule has 0 aliphatic heterocycles. The summed E-state index contributed by atoms with van der Waals surface area (Å²) < 4.78 is 6.49. The highest BCUT2D eigenvalue weighted by atomic mass is 79.9. The maximum absolute atomic E-state index is 12.0. The molecule has 6 heteroatoms. The number of carbonyl (C=O) groups excluding carboxylic acids is 1. The van der Waals surface area contributed by atoms with Crippen LogP contribution >= 0.6 is 15.9 Å². The molecule has 2 aromatic carbocycles. The summed E-state index contributed by atoms with van der Waals surface area (Å²) in [5.41, 5.74) is 3.59. The van der Waals surface area contributed by atoms with Gasteiger partial charge in [-0.25, -0.2) is 5.43 Å². The average Bonchev–Trinajstić information content (AvgIpc) is 2.60. The van der Waals surface area contributed by atoms with Crippen molar-refractivity contribution < 1.29 is 14.6 Å². The van der Waals surface area contributed by atoms with E-state index in [1.54, 1.807) is 24.3 Å². The number of hydrogen-bond donors (Lipinski definition) is 2. The normalized spacial score (nSPS) is 12.1. The van der Waals surface area contributed by atoms with E-state index in [2.05, 4.69) is 26.5 Å². The van der Waals surface area contributed by atoms with Gasteiger partial charge in [0.05, 0.1) is 12.8 Å². The first-order valence-corrected chi connectivity index (χ1v) is 8.39. The fourth-order valence-electron chi connectivity index (χ4n) is 1.95. The summed E-state index contributed by atoms with van der Waals surface area (Å²) in [6, 6.07) is 14.3. The number of aliphatic hydroxyl groups is 1. The quantitative estimate of drug-likeness (QED) is 0.561. The molecule has 0 heterocycles. The Hall–Kier alpha value is -2.18. The fraction of sp³-hybridized carbons (Fsp3) is 0.222. The Morgan fingerprint density at radius 2 is 2.00 bits per heavy atom. The molecule has 2 N–H and O–H groups in total. The molecule has 2 aromatic rings. The van der Waals surface area contributed by atoms with Crippen LogP contribution in [0.2, 0.25) is 0 Å². The maximum atomic E-state index is 12.0. The highest BCUT2D eigenvalue weighted by Crippen LogP contribution is 2.17. The van der Waals surface area contributed by atoms with Crippen molar-refractivity contribution in [2.24, 2.45) is 5.10 Å². The Kier molecular flexibility index (Phi) is 6.96. The zero-order valence-corrected chi connectivity index (χ0v) is 14.9. The Labute approximate surface area is 149 Å². The number of amides is 1. The van der Waals surface area contributed by atoms with Crippen LogP contribution in [0.1, 0.15) is 30.6 Å². The Bertz CT molecular complexity index is 702. The van der Waals surface area contributed by atoms with Gasteiger partial charge in [-0.3, -0.25) is 4.79 Å². The Balaban J connectivity index is 1.98. The van der Waals surface area contributed by atoms with Gasteiger partial charge in [-0.1, -0.05) is 47.1 Å². The molecule has 0 aliphatic rings. The molecule has 1 atom stereocenters. The van der Waals surface area contributed by atoms with Crippen molar-refractivity contribution in [1.82, 2.24) is 5.43 Å². The van der Waals surface area contributed by atoms with Gasteiger partial charge in [0.1, 0.15) is 5.75 Å². The van der Waals surface area contributed by atoms with Crippen LogP contribution in [-0.2, 0) is 4.79 Å². The molecule has 0 fully saturated rings. The van der Waals surface area contributed by atoms with Crippen LogP contribution in [0.25, 0.3) is 0 Å². The van der Waals surface area contributed by atoms with Crippen LogP contribution in [0.4, 0.5) is 0 Å². The molecule has 5 nitrogen and oxygen atoms in total. The van der Waals surface area contributed by atoms with E-state index in [1.807, 2.05) is 31.2 Å². The molecule has 0 aromatic heterocycles. The van der Waals surface area contributed by atoms with E-state index in [1.165, 1.54) is 6.21 Å². The standard InChI is InChI=1S/C18H19BrN2O3/c1-2-11-24-16-6-4-3-5-14(16)12-20-21-18(23)17(22)13-7-9-15(19)10-8-13/h3-10,12,17,22H,2,11H2,1H3,(H,21,23). The summed E-state index contributed by atoms with van der Waals surface area (Å²) in [4.78, 5) is 12.0. The van der Waals surface area contributed by atoms with Crippen molar-refractivity contribution in [2.45, 2.75) is 19.4 Å². The van der Waals surface area contributed by atoms with E-state index in [0.29, 0.717) is 17.9 Å². The van der Waals surface area contributed by atoms with Crippen molar-refractivity contribution in [3.05, 3.63) is 64.1 Å². The third-order valence-corrected chi connectivity index (χ3v) is 3.72. The average molecular weight is 391 g/mol. The van der Waals surface area contributed by atoms with Crippen LogP contribution in [0.3, 0.4) is 0 Å². The largest absolute Gasteiger partial charge is 0.493 e. The van der Waals surface area contributed by atoms with Crippen LogP contribution in [0, 0.1) is 0 Å². The molecule has 0 saturated carbocycles. The second-order valence-corrected chi connectivity index (χ2v) is 5.99. The lowest BCUT2D eigenvalue weighted by molar-refractivity contribution is -0.129. The zero-order chi connectivity index (χ0) is 17.4. The number of hydrogen-bond acceptors (Lipinski definition) is 4. The van der Waals surface area contributed by atoms with E-state index >= 15 is 0 Å². The third kappa shape index (κ3) is 5.18. The third-order valence-electron chi connectivity index (χ3n) is 3.19. The van der Waals surface area contributed by atoms with Crippen molar-refractivity contribution in [2.75, 3.05) is 6.61 Å². The summed E-state index contributed by atoms with van der Waals surface area (Å²) in [7, 11) is 0. The number of rotatable bonds is 7. The lowest BCUT2D eigenvalue weighted by Gasteiger charge is -2.09. The van der Waals surface area contributed by atoms with Gasteiger partial charge in [0, 0.05) is 10.0 Å². The van der Waals surface area contributed by atoms with Crippen molar-refractivity contribution in [1.29, 1.82) is 0 Å². The number of hydrazone groups is 1. The molecule has 126 valence electrons. The van der Waals surface area contributed by atoms with Gasteiger partial charge in [0.15, 0.2) is 6.10 Å². The minimum Gasteiger partial charge on any atom is -0.493 e. The van der Waals surface area contributed by atoms with E-state index in [9.17, 15) is 9.90 Å². The predicted molar refractivity (Wildman–Crippen MR) is 97.1 cm³/mol. The summed E-state index contributed by atoms with van der Waals surface area (Å²) in [6.45, 7) is 2.64. The number of para-hydroxylation sites is 1. The molecule has 0 saturated heterocycles. The van der Waals surface area contributed by atoms with E-state index in [-0.39, 0.29) is 0 Å². The van der Waals surface area contributed by atoms with Gasteiger partial charge >= 0.3 is 0 Å². The molecule has 24 heavy (non-hydrogen) atoms. The second-order valence-electron chi connectivity index (χ2n) is 5.07. The van der Waals surface area contributed by atoms with Crippen molar-refractivity contribution >= 4 is 28.1 Å². The highest BCUT2D eigenvalue weighted by Gasteiger charge is 2.16. The van der Waals surface area contributed by atoms with Crippen LogP contribution in [0.15, 0.2) is 58.1 Å². The molecular formula is C18H19BrN2O3. The van der Waals surface area contributed by atoms with Gasteiger partial charge in [-0.15, -0.1) is 0 Å². The van der Waals surface area contributed by atoms with Crippen molar-refractivity contribution in [3.63, 3.8) is 0 Å². The fourth-order valence-corrected chi connectivity index (χ4v) is 2.22. The number of benzene rings is 2. The van der Waals surface area contributed by atoms with Gasteiger partial charge in [-0.2, -0.15) is 5.10 Å². The van der Waals surface area contributed by atoms with E-state index in [0.717, 1.165) is 16.5 Å².